The molecule has 2 aliphatic heterocycles. The van der Waals surface area contributed by atoms with Crippen molar-refractivity contribution in [1.29, 1.82) is 0 Å². The summed E-state index contributed by atoms with van der Waals surface area (Å²) >= 11 is 6.11. The number of ketones is 1. The Hall–Kier alpha value is -5.61. The fraction of sp³-hybridized carbons (Fsp3) is 0.262. The van der Waals surface area contributed by atoms with Gasteiger partial charge in [-0.1, -0.05) is 59.6 Å². The van der Waals surface area contributed by atoms with Gasteiger partial charge < -0.3 is 9.84 Å². The normalized spacial score (nSPS) is 26.3. The maximum atomic E-state index is 14.7. The molecule has 2 saturated heterocycles. The van der Waals surface area contributed by atoms with E-state index >= 15 is 0 Å². The van der Waals surface area contributed by atoms with Gasteiger partial charge in [-0.05, 0) is 92.8 Å². The number of carbonyl (C=O) groups is 5. The van der Waals surface area contributed by atoms with Gasteiger partial charge >= 0.3 is 0 Å². The van der Waals surface area contributed by atoms with E-state index in [-0.39, 0.29) is 53.3 Å². The van der Waals surface area contributed by atoms with Crippen LogP contribution < -0.4 is 14.5 Å². The summed E-state index contributed by atoms with van der Waals surface area (Å²) in [5, 5.41) is 10.3. The predicted octanol–water partition coefficient (Wildman–Crippen LogP) is 7.25. The highest BCUT2D eigenvalue weighted by atomic mass is 35.5. The van der Waals surface area contributed by atoms with Gasteiger partial charge in [0.1, 0.15) is 5.82 Å². The molecular weight excluding hydrogens is 699 g/mol. The second kappa shape index (κ2) is 12.8. The number of fused-ring (bicyclic) bond motifs is 4. The smallest absolute Gasteiger partial charge is 0.241 e. The first-order chi connectivity index (χ1) is 25.4. The number of phenolic OH excluding ortho intramolecular Hbond substituents is 1. The first-order valence-electron chi connectivity index (χ1n) is 17.5. The molecule has 6 atom stereocenters. The number of nitrogens with zero attached hydrogens (tertiary/aromatic N) is 2. The fourth-order valence-electron chi connectivity index (χ4n) is 9.02. The van der Waals surface area contributed by atoms with Gasteiger partial charge in [0, 0.05) is 17.0 Å². The SMILES string of the molecule is CCOc1cc(C2C3=CCC4C(=O)N(c5ccc(C(=O)c6ccccc6)cc5)C(=O)C4C3CC3C(=O)N(c4ccc(F)c(Cl)c4)C(=O)C32C)ccc1O. The van der Waals surface area contributed by atoms with E-state index in [4.69, 9.17) is 16.3 Å². The number of ether oxygens (including phenoxy) is 1. The molecule has 3 fully saturated rings. The summed E-state index contributed by atoms with van der Waals surface area (Å²) in [6, 6.07) is 23.7. The van der Waals surface area contributed by atoms with Crippen molar-refractivity contribution in [2.75, 3.05) is 16.4 Å². The lowest BCUT2D eigenvalue weighted by Crippen LogP contribution is -2.48. The van der Waals surface area contributed by atoms with E-state index in [9.17, 15) is 33.5 Å². The van der Waals surface area contributed by atoms with Gasteiger partial charge in [0.25, 0.3) is 0 Å². The molecule has 9 nitrogen and oxygen atoms in total. The lowest BCUT2D eigenvalue weighted by atomic mass is 9.51. The highest BCUT2D eigenvalue weighted by Crippen LogP contribution is 2.64. The van der Waals surface area contributed by atoms with Crippen molar-refractivity contribution >= 4 is 52.4 Å². The lowest BCUT2D eigenvalue weighted by Gasteiger charge is -2.49. The Morgan fingerprint density at radius 2 is 1.57 bits per heavy atom. The van der Waals surface area contributed by atoms with E-state index < -0.39 is 58.5 Å². The number of allylic oxidation sites excluding steroid dienone is 2. The Kier molecular flexibility index (Phi) is 8.33. The molecule has 4 aromatic rings. The number of benzene rings is 4. The molecule has 1 saturated carbocycles. The number of halogens is 2. The van der Waals surface area contributed by atoms with Crippen molar-refractivity contribution in [1.82, 2.24) is 0 Å². The highest BCUT2D eigenvalue weighted by Gasteiger charge is 2.67. The van der Waals surface area contributed by atoms with Gasteiger partial charge in [-0.15, -0.1) is 0 Å². The number of rotatable bonds is 7. The van der Waals surface area contributed by atoms with Gasteiger partial charge in [-0.3, -0.25) is 28.9 Å². The van der Waals surface area contributed by atoms with Gasteiger partial charge in [0.15, 0.2) is 17.3 Å². The number of carbonyl (C=O) groups excluding carboxylic acids is 5. The first kappa shape index (κ1) is 34.5. The van der Waals surface area contributed by atoms with Crippen LogP contribution in [0.15, 0.2) is 103 Å². The topological polar surface area (TPSA) is 121 Å². The molecular formula is C42H34ClFN2O7. The summed E-state index contributed by atoms with van der Waals surface area (Å²) in [5.41, 5.74) is 1.38. The number of imide groups is 2. The Balaban J connectivity index is 1.19. The van der Waals surface area contributed by atoms with E-state index in [0.717, 1.165) is 16.5 Å². The summed E-state index contributed by atoms with van der Waals surface area (Å²) in [6.45, 7) is 3.77. The number of phenols is 1. The Morgan fingerprint density at radius 1 is 0.868 bits per heavy atom. The minimum Gasteiger partial charge on any atom is -0.504 e. The average molecular weight is 733 g/mol. The summed E-state index contributed by atoms with van der Waals surface area (Å²) < 4.78 is 19.9. The Bertz CT molecular complexity index is 2260. The third kappa shape index (κ3) is 5.22. The maximum absolute atomic E-state index is 14.7. The minimum absolute atomic E-state index is 0.0950. The number of anilines is 2. The van der Waals surface area contributed by atoms with Crippen molar-refractivity contribution in [3.8, 4) is 11.5 Å². The van der Waals surface area contributed by atoms with E-state index in [1.807, 2.05) is 12.1 Å². The second-order valence-corrected chi connectivity index (χ2v) is 14.6. The van der Waals surface area contributed by atoms with E-state index in [0.29, 0.717) is 22.4 Å². The largest absolute Gasteiger partial charge is 0.504 e. The zero-order valence-corrected chi connectivity index (χ0v) is 29.5. The van der Waals surface area contributed by atoms with Crippen LogP contribution in [0.1, 0.15) is 54.1 Å². The summed E-state index contributed by atoms with van der Waals surface area (Å²) in [6.07, 6.45) is 2.27. The number of aromatic hydroxyl groups is 1. The maximum Gasteiger partial charge on any atom is 0.241 e. The average Bonchev–Trinajstić information content (AvgIpc) is 3.53. The molecule has 4 amide bonds. The van der Waals surface area contributed by atoms with Crippen LogP contribution in [0, 0.1) is 34.9 Å². The molecule has 2 heterocycles. The molecule has 6 unspecified atom stereocenters. The molecule has 1 N–H and O–H groups in total. The number of hydrogen-bond acceptors (Lipinski definition) is 7. The minimum atomic E-state index is -1.36. The van der Waals surface area contributed by atoms with Crippen LogP contribution >= 0.6 is 11.6 Å². The van der Waals surface area contributed by atoms with Gasteiger partial charge in [-0.2, -0.15) is 0 Å². The van der Waals surface area contributed by atoms with Crippen molar-refractivity contribution < 1.29 is 38.2 Å². The second-order valence-electron chi connectivity index (χ2n) is 14.2. The van der Waals surface area contributed by atoms with Crippen LogP contribution in [0.5, 0.6) is 11.5 Å². The first-order valence-corrected chi connectivity index (χ1v) is 17.9. The third-order valence-electron chi connectivity index (χ3n) is 11.5. The quantitative estimate of drug-likeness (QED) is 0.121. The molecule has 0 aromatic heterocycles. The van der Waals surface area contributed by atoms with Crippen LogP contribution in [-0.4, -0.2) is 41.1 Å². The molecule has 11 heteroatoms. The predicted molar refractivity (Wildman–Crippen MR) is 194 cm³/mol. The fourth-order valence-corrected chi connectivity index (χ4v) is 9.19. The Morgan fingerprint density at radius 3 is 2.26 bits per heavy atom. The van der Waals surface area contributed by atoms with Crippen LogP contribution in [0.4, 0.5) is 15.8 Å². The van der Waals surface area contributed by atoms with Gasteiger partial charge in [0.05, 0.1) is 46.2 Å². The summed E-state index contributed by atoms with van der Waals surface area (Å²) in [7, 11) is 0. The third-order valence-corrected chi connectivity index (χ3v) is 11.8. The molecule has 0 bridgehead atoms. The lowest BCUT2D eigenvalue weighted by molar-refractivity contribution is -0.131. The molecule has 268 valence electrons. The molecule has 53 heavy (non-hydrogen) atoms. The Labute approximate surface area is 309 Å². The van der Waals surface area contributed by atoms with Crippen LogP contribution in [0.25, 0.3) is 0 Å². The van der Waals surface area contributed by atoms with Gasteiger partial charge in [0.2, 0.25) is 23.6 Å². The highest BCUT2D eigenvalue weighted by molar-refractivity contribution is 6.32. The van der Waals surface area contributed by atoms with Gasteiger partial charge in [-0.25, -0.2) is 9.29 Å². The molecule has 0 radical (unpaired) electrons. The van der Waals surface area contributed by atoms with Crippen molar-refractivity contribution in [2.45, 2.75) is 32.6 Å². The monoisotopic (exact) mass is 732 g/mol. The van der Waals surface area contributed by atoms with E-state index in [2.05, 4.69) is 0 Å². The van der Waals surface area contributed by atoms with Crippen LogP contribution in [-0.2, 0) is 19.2 Å². The van der Waals surface area contributed by atoms with Crippen molar-refractivity contribution in [3.05, 3.63) is 130 Å². The molecule has 4 aliphatic rings. The molecule has 2 aliphatic carbocycles. The summed E-state index contributed by atoms with van der Waals surface area (Å²) in [4.78, 5) is 72.9. The molecule has 4 aromatic carbocycles. The zero-order chi connectivity index (χ0) is 37.3. The molecule has 0 spiro atoms. The van der Waals surface area contributed by atoms with Crippen LogP contribution in [0.3, 0.4) is 0 Å². The van der Waals surface area contributed by atoms with E-state index in [1.54, 1.807) is 74.5 Å². The number of amides is 4. The number of hydrogen-bond donors (Lipinski definition) is 1. The van der Waals surface area contributed by atoms with Crippen molar-refractivity contribution in [3.63, 3.8) is 0 Å². The standard InChI is InChI=1S/C42H34ClFN2O7/c1-3-53-34-19-24(11-18-33(34)47)36-27-15-16-28-35(29(27)21-30-39(50)46(41(52)42(30,36)2)26-14-17-32(44)31(43)20-26)40(51)45(38(28)49)25-12-9-23(10-13-25)37(48)22-7-5-4-6-8-22/h4-15,17-20,28-30,35-36,47H,3,16,21H2,1-2H3. The summed E-state index contributed by atoms with van der Waals surface area (Å²) in [5.74, 6) is -6.37. The van der Waals surface area contributed by atoms with Crippen LogP contribution in [0.2, 0.25) is 5.02 Å². The van der Waals surface area contributed by atoms with Crippen molar-refractivity contribution in [2.24, 2.45) is 29.1 Å². The van der Waals surface area contributed by atoms with E-state index in [1.165, 1.54) is 23.1 Å². The molecule has 8 rings (SSSR count). The zero-order valence-electron chi connectivity index (χ0n) is 28.8.